The molecule has 130 valence electrons. The van der Waals surface area contributed by atoms with Gasteiger partial charge in [-0.3, -0.25) is 9.59 Å². The molecule has 0 aliphatic carbocycles. The zero-order valence-electron chi connectivity index (χ0n) is 14.7. The van der Waals surface area contributed by atoms with E-state index in [2.05, 4.69) is 13.8 Å². The van der Waals surface area contributed by atoms with Gasteiger partial charge in [-0.2, -0.15) is 0 Å². The van der Waals surface area contributed by atoms with E-state index in [9.17, 15) is 22.6 Å². The van der Waals surface area contributed by atoms with Crippen LogP contribution in [0.3, 0.4) is 0 Å². The first-order valence-electron chi connectivity index (χ1n) is 7.73. The van der Waals surface area contributed by atoms with Gasteiger partial charge in [0.15, 0.2) is 0 Å². The van der Waals surface area contributed by atoms with E-state index in [0.717, 1.165) is 17.7 Å². The number of rotatable bonds is 4. The molecule has 0 radical (unpaired) electrons. The fourth-order valence-electron chi connectivity index (χ4n) is 2.78. The fourth-order valence-corrected chi connectivity index (χ4v) is 3.28. The first kappa shape index (κ1) is 20.8. The number of carbonyl (C=O) groups is 2. The van der Waals surface area contributed by atoms with E-state index in [4.69, 9.17) is 0 Å². The van der Waals surface area contributed by atoms with E-state index < -0.39 is 26.7 Å². The number of hydrogen-bond donors (Lipinski definition) is 0. The van der Waals surface area contributed by atoms with Gasteiger partial charge < -0.3 is 9.45 Å². The van der Waals surface area contributed by atoms with Gasteiger partial charge in [0.05, 0.1) is 22.7 Å². The Morgan fingerprint density at radius 2 is 1.65 bits per heavy atom. The van der Waals surface area contributed by atoms with E-state index in [0.29, 0.717) is 11.6 Å². The minimum absolute atomic E-state index is 0. The van der Waals surface area contributed by atoms with E-state index in [-0.39, 0.29) is 41.7 Å². The van der Waals surface area contributed by atoms with Crippen molar-refractivity contribution in [2.45, 2.75) is 31.2 Å². The SMILES string of the molecule is CC(C)c1ccc(CN2C(=O)C(=O)c3cc(S(=O)(=O)[O-])ccc32)cc1.[Na+]. The zero-order valence-corrected chi connectivity index (χ0v) is 17.5. The quantitative estimate of drug-likeness (QED) is 0.402. The molecule has 2 aromatic carbocycles. The predicted molar refractivity (Wildman–Crippen MR) is 90.5 cm³/mol. The molecule has 0 saturated heterocycles. The number of Topliss-reactive ketones (excluding diaryl/α,β-unsaturated/α-hetero) is 1. The van der Waals surface area contributed by atoms with Crippen LogP contribution in [-0.4, -0.2) is 24.7 Å². The maximum atomic E-state index is 12.3. The molecule has 0 atom stereocenters. The molecule has 3 rings (SSSR count). The second-order valence-corrected chi connectivity index (χ2v) is 7.63. The van der Waals surface area contributed by atoms with Crippen LogP contribution in [0.4, 0.5) is 5.69 Å². The van der Waals surface area contributed by atoms with Crippen molar-refractivity contribution in [3.05, 3.63) is 59.2 Å². The molecule has 8 heteroatoms. The summed E-state index contributed by atoms with van der Waals surface area (Å²) in [5.41, 5.74) is 2.27. The van der Waals surface area contributed by atoms with Crippen LogP contribution >= 0.6 is 0 Å². The van der Waals surface area contributed by atoms with Gasteiger partial charge in [0.25, 0.3) is 11.7 Å². The molecule has 1 aliphatic heterocycles. The second kappa shape index (κ2) is 7.62. The van der Waals surface area contributed by atoms with E-state index in [1.807, 2.05) is 24.3 Å². The maximum absolute atomic E-state index is 12.3. The first-order valence-corrected chi connectivity index (χ1v) is 9.14. The van der Waals surface area contributed by atoms with Crippen molar-refractivity contribution >= 4 is 27.5 Å². The molecule has 0 spiro atoms. The molecule has 26 heavy (non-hydrogen) atoms. The van der Waals surface area contributed by atoms with Crippen LogP contribution in [0.2, 0.25) is 0 Å². The molecule has 1 amide bonds. The molecule has 1 heterocycles. The third-order valence-corrected chi connectivity index (χ3v) is 5.05. The number of nitrogens with zero attached hydrogens (tertiary/aromatic N) is 1. The Morgan fingerprint density at radius 3 is 2.19 bits per heavy atom. The van der Waals surface area contributed by atoms with E-state index in [1.165, 1.54) is 16.5 Å². The number of amides is 1. The van der Waals surface area contributed by atoms with E-state index >= 15 is 0 Å². The molecular weight excluding hydrogens is 365 g/mol. The summed E-state index contributed by atoms with van der Waals surface area (Å²) in [6, 6.07) is 11.1. The topological polar surface area (TPSA) is 94.6 Å². The van der Waals surface area contributed by atoms with Crippen molar-refractivity contribution < 1.29 is 52.1 Å². The van der Waals surface area contributed by atoms with Crippen LogP contribution < -0.4 is 34.5 Å². The smallest absolute Gasteiger partial charge is 0.744 e. The Morgan fingerprint density at radius 1 is 1.04 bits per heavy atom. The minimum atomic E-state index is -4.69. The Labute approximate surface area is 174 Å². The molecule has 0 aromatic heterocycles. The normalized spacial score (nSPS) is 13.8. The average Bonchev–Trinajstić information content (AvgIpc) is 2.79. The third-order valence-electron chi connectivity index (χ3n) is 4.22. The van der Waals surface area contributed by atoms with Gasteiger partial charge in [-0.25, -0.2) is 8.42 Å². The molecule has 0 N–H and O–H groups in total. The zero-order chi connectivity index (χ0) is 18.4. The molecule has 1 aliphatic rings. The Balaban J connectivity index is 0.00000243. The summed E-state index contributed by atoms with van der Waals surface area (Å²) in [7, 11) is -4.69. The molecule has 0 saturated carbocycles. The van der Waals surface area contributed by atoms with Crippen molar-refractivity contribution in [3.8, 4) is 0 Å². The summed E-state index contributed by atoms with van der Waals surface area (Å²) in [6.45, 7) is 4.35. The number of fused-ring (bicyclic) bond motifs is 1. The summed E-state index contributed by atoms with van der Waals surface area (Å²) in [6.07, 6.45) is 0. The first-order chi connectivity index (χ1) is 11.7. The van der Waals surface area contributed by atoms with Crippen LogP contribution in [0.25, 0.3) is 0 Å². The molecule has 0 fully saturated rings. The summed E-state index contributed by atoms with van der Waals surface area (Å²) in [4.78, 5) is 25.2. The van der Waals surface area contributed by atoms with Crippen molar-refractivity contribution in [2.24, 2.45) is 0 Å². The largest absolute Gasteiger partial charge is 1.00 e. The summed E-state index contributed by atoms with van der Waals surface area (Å²) in [5.74, 6) is -1.15. The van der Waals surface area contributed by atoms with Crippen molar-refractivity contribution in [3.63, 3.8) is 0 Å². The summed E-state index contributed by atoms with van der Waals surface area (Å²) in [5, 5.41) is 0. The van der Waals surface area contributed by atoms with Crippen LogP contribution in [-0.2, 0) is 21.5 Å². The minimum Gasteiger partial charge on any atom is -0.744 e. The van der Waals surface area contributed by atoms with Gasteiger partial charge >= 0.3 is 29.6 Å². The maximum Gasteiger partial charge on any atom is 1.00 e. The summed E-state index contributed by atoms with van der Waals surface area (Å²) < 4.78 is 33.3. The van der Waals surface area contributed by atoms with Gasteiger partial charge in [0.2, 0.25) is 0 Å². The number of anilines is 1. The fraction of sp³-hybridized carbons (Fsp3) is 0.222. The third kappa shape index (κ3) is 3.92. The van der Waals surface area contributed by atoms with Crippen LogP contribution in [0, 0.1) is 0 Å². The Bertz CT molecular complexity index is 968. The number of carbonyl (C=O) groups excluding carboxylic acids is 2. The molecule has 0 unspecified atom stereocenters. The van der Waals surface area contributed by atoms with E-state index in [1.54, 1.807) is 0 Å². The molecule has 2 aromatic rings. The van der Waals surface area contributed by atoms with Gasteiger partial charge in [0, 0.05) is 0 Å². The van der Waals surface area contributed by atoms with Gasteiger partial charge in [-0.1, -0.05) is 38.1 Å². The number of benzene rings is 2. The standard InChI is InChI=1S/C18H17NO5S.Na/c1-11(2)13-5-3-12(4-6-13)10-19-16-8-7-14(25(22,23)24)9-15(16)17(20)18(19)21;/h3-9,11H,10H2,1-2H3,(H,22,23,24);/q;+1/p-1. The van der Waals surface area contributed by atoms with Crippen LogP contribution in [0.1, 0.15) is 41.3 Å². The van der Waals surface area contributed by atoms with Gasteiger partial charge in [0.1, 0.15) is 10.1 Å². The monoisotopic (exact) mass is 381 g/mol. The number of hydrogen-bond acceptors (Lipinski definition) is 5. The Kier molecular flexibility index (Phi) is 6.09. The van der Waals surface area contributed by atoms with Crippen molar-refractivity contribution in [2.75, 3.05) is 4.90 Å². The van der Waals surface area contributed by atoms with Crippen LogP contribution in [0.5, 0.6) is 0 Å². The van der Waals surface area contributed by atoms with Gasteiger partial charge in [-0.15, -0.1) is 0 Å². The van der Waals surface area contributed by atoms with Gasteiger partial charge in [-0.05, 0) is 35.2 Å². The van der Waals surface area contributed by atoms with Crippen molar-refractivity contribution in [1.82, 2.24) is 0 Å². The molecular formula is C18H16NNaO5S. The predicted octanol–water partition coefficient (Wildman–Crippen LogP) is -0.552. The van der Waals surface area contributed by atoms with Crippen LogP contribution in [0.15, 0.2) is 47.4 Å². The molecule has 0 bridgehead atoms. The second-order valence-electron chi connectivity index (χ2n) is 6.25. The summed E-state index contributed by atoms with van der Waals surface area (Å²) >= 11 is 0. The number of ketones is 1. The van der Waals surface area contributed by atoms with Crippen molar-refractivity contribution in [1.29, 1.82) is 0 Å². The Hall–Kier alpha value is -1.51. The molecule has 6 nitrogen and oxygen atoms in total. The average molecular weight is 381 g/mol.